The van der Waals surface area contributed by atoms with Crippen molar-refractivity contribution in [2.45, 2.75) is 12.5 Å². The molecular weight excluding hydrogens is 342 g/mol. The van der Waals surface area contributed by atoms with E-state index in [4.69, 9.17) is 15.6 Å². The zero-order chi connectivity index (χ0) is 12.3. The normalized spacial score (nSPS) is 12.6. The van der Waals surface area contributed by atoms with Gasteiger partial charge in [0.05, 0.1) is 11.6 Å². The van der Waals surface area contributed by atoms with Crippen LogP contribution in [0.4, 0.5) is 0 Å². The first kappa shape index (κ1) is 13.8. The minimum atomic E-state index is -0.315. The molecule has 0 saturated carbocycles. The van der Waals surface area contributed by atoms with Crippen molar-refractivity contribution in [2.75, 3.05) is 13.7 Å². The fourth-order valence-corrected chi connectivity index (χ4v) is 2.35. The molecule has 0 aromatic heterocycles. The highest BCUT2D eigenvalue weighted by atomic mass is 79.9. The molecule has 1 atom stereocenters. The molecule has 1 aromatic rings. The number of phenols is 1. The molecule has 1 rings (SSSR count). The number of aliphatic hydroxyl groups excluding tert-OH is 1. The fraction of sp³-hybridized carbons (Fsp3) is 0.400. The minimum absolute atomic E-state index is 0.00835. The van der Waals surface area contributed by atoms with Crippen molar-refractivity contribution in [3.05, 3.63) is 20.6 Å². The van der Waals surface area contributed by atoms with Crippen molar-refractivity contribution >= 4 is 31.9 Å². The summed E-state index contributed by atoms with van der Waals surface area (Å²) in [5, 5.41) is 18.6. The Hall–Kier alpha value is -0.300. The van der Waals surface area contributed by atoms with E-state index in [0.717, 1.165) is 5.56 Å². The van der Waals surface area contributed by atoms with Gasteiger partial charge < -0.3 is 20.7 Å². The summed E-state index contributed by atoms with van der Waals surface area (Å²) in [4.78, 5) is 0. The lowest BCUT2D eigenvalue weighted by molar-refractivity contribution is 0.276. The molecule has 0 aliphatic carbocycles. The lowest BCUT2D eigenvalue weighted by Crippen LogP contribution is -2.13. The number of rotatable bonds is 4. The quantitative estimate of drug-likeness (QED) is 0.775. The SMILES string of the molecule is COc1cc(C(N)CCO)c(Br)c(Br)c1O. The van der Waals surface area contributed by atoms with Gasteiger partial charge in [-0.15, -0.1) is 0 Å². The summed E-state index contributed by atoms with van der Waals surface area (Å²) < 4.78 is 6.20. The summed E-state index contributed by atoms with van der Waals surface area (Å²) >= 11 is 6.59. The Morgan fingerprint density at radius 1 is 1.44 bits per heavy atom. The van der Waals surface area contributed by atoms with Gasteiger partial charge in [0.15, 0.2) is 11.5 Å². The zero-order valence-corrected chi connectivity index (χ0v) is 11.9. The van der Waals surface area contributed by atoms with Gasteiger partial charge in [0.25, 0.3) is 0 Å². The molecule has 4 N–H and O–H groups in total. The van der Waals surface area contributed by atoms with E-state index in [1.165, 1.54) is 7.11 Å². The second kappa shape index (κ2) is 5.86. The molecule has 0 heterocycles. The van der Waals surface area contributed by atoms with Crippen LogP contribution in [0.15, 0.2) is 15.0 Å². The van der Waals surface area contributed by atoms with Crippen LogP contribution in [0.5, 0.6) is 11.5 Å². The van der Waals surface area contributed by atoms with Gasteiger partial charge in [0.1, 0.15) is 0 Å². The van der Waals surface area contributed by atoms with E-state index < -0.39 is 0 Å². The Bertz CT molecular complexity index is 385. The van der Waals surface area contributed by atoms with Gasteiger partial charge in [-0.25, -0.2) is 0 Å². The third-order valence-corrected chi connectivity index (χ3v) is 4.39. The van der Waals surface area contributed by atoms with Crippen LogP contribution < -0.4 is 10.5 Å². The molecule has 90 valence electrons. The van der Waals surface area contributed by atoms with Crippen LogP contribution >= 0.6 is 31.9 Å². The lowest BCUT2D eigenvalue weighted by Gasteiger charge is -2.16. The maximum atomic E-state index is 9.72. The summed E-state index contributed by atoms with van der Waals surface area (Å²) in [5.41, 5.74) is 6.67. The van der Waals surface area contributed by atoms with Gasteiger partial charge in [-0.1, -0.05) is 0 Å². The summed E-state index contributed by atoms with van der Waals surface area (Å²) in [6.45, 7) is 0.00835. The highest BCUT2D eigenvalue weighted by Gasteiger charge is 2.18. The molecule has 1 unspecified atom stereocenters. The van der Waals surface area contributed by atoms with Gasteiger partial charge in [-0.05, 0) is 49.9 Å². The van der Waals surface area contributed by atoms with Crippen molar-refractivity contribution in [3.63, 3.8) is 0 Å². The molecule has 1 aromatic carbocycles. The Kier molecular flexibility index (Phi) is 5.04. The molecule has 16 heavy (non-hydrogen) atoms. The van der Waals surface area contributed by atoms with E-state index >= 15 is 0 Å². The number of aliphatic hydroxyl groups is 1. The van der Waals surface area contributed by atoms with Crippen LogP contribution in [0.3, 0.4) is 0 Å². The van der Waals surface area contributed by atoms with Gasteiger partial charge >= 0.3 is 0 Å². The molecule has 0 radical (unpaired) electrons. The van der Waals surface area contributed by atoms with Crippen LogP contribution in [0.1, 0.15) is 18.0 Å². The molecule has 0 spiro atoms. The average molecular weight is 355 g/mol. The molecule has 4 nitrogen and oxygen atoms in total. The molecule has 0 amide bonds. The van der Waals surface area contributed by atoms with Crippen molar-refractivity contribution in [1.29, 1.82) is 0 Å². The van der Waals surface area contributed by atoms with Gasteiger partial charge in [0, 0.05) is 17.1 Å². The lowest BCUT2D eigenvalue weighted by atomic mass is 10.0. The largest absolute Gasteiger partial charge is 0.503 e. The third kappa shape index (κ3) is 2.68. The molecule has 0 saturated heterocycles. The standard InChI is InChI=1S/C10H13Br2NO3/c1-16-7-4-5(6(13)2-3-14)8(11)9(12)10(7)15/h4,6,14-15H,2-3,13H2,1H3. The van der Waals surface area contributed by atoms with E-state index in [0.29, 0.717) is 21.1 Å². The number of nitrogens with two attached hydrogens (primary N) is 1. The fourth-order valence-electron chi connectivity index (χ4n) is 1.33. The highest BCUT2D eigenvalue weighted by molar-refractivity contribution is 9.13. The Morgan fingerprint density at radius 3 is 2.56 bits per heavy atom. The minimum Gasteiger partial charge on any atom is -0.503 e. The van der Waals surface area contributed by atoms with Crippen molar-refractivity contribution in [1.82, 2.24) is 0 Å². The molecule has 6 heteroatoms. The van der Waals surface area contributed by atoms with Crippen molar-refractivity contribution < 1.29 is 14.9 Å². The zero-order valence-electron chi connectivity index (χ0n) is 8.70. The van der Waals surface area contributed by atoms with Crippen LogP contribution in [-0.4, -0.2) is 23.9 Å². The molecule has 0 bridgehead atoms. The number of hydrogen-bond acceptors (Lipinski definition) is 4. The maximum Gasteiger partial charge on any atom is 0.173 e. The molecule has 0 fully saturated rings. The average Bonchev–Trinajstić information content (AvgIpc) is 2.27. The highest BCUT2D eigenvalue weighted by Crippen LogP contribution is 2.43. The first-order valence-electron chi connectivity index (χ1n) is 4.64. The van der Waals surface area contributed by atoms with Crippen LogP contribution in [0, 0.1) is 0 Å². The van der Waals surface area contributed by atoms with E-state index in [1.807, 2.05) is 0 Å². The topological polar surface area (TPSA) is 75.7 Å². The van der Waals surface area contributed by atoms with Gasteiger partial charge in [-0.2, -0.15) is 0 Å². The number of phenolic OH excluding ortho intramolecular Hbond substituents is 1. The first-order valence-corrected chi connectivity index (χ1v) is 6.22. The Morgan fingerprint density at radius 2 is 2.06 bits per heavy atom. The Balaban J connectivity index is 3.24. The van der Waals surface area contributed by atoms with Crippen LogP contribution in [0.25, 0.3) is 0 Å². The van der Waals surface area contributed by atoms with Gasteiger partial charge in [0.2, 0.25) is 0 Å². The van der Waals surface area contributed by atoms with Crippen LogP contribution in [-0.2, 0) is 0 Å². The third-order valence-electron chi connectivity index (χ3n) is 2.23. The Labute approximate surface area is 111 Å². The molecule has 0 aliphatic rings. The monoisotopic (exact) mass is 353 g/mol. The van der Waals surface area contributed by atoms with E-state index in [-0.39, 0.29) is 18.4 Å². The van der Waals surface area contributed by atoms with E-state index in [1.54, 1.807) is 6.07 Å². The van der Waals surface area contributed by atoms with Crippen molar-refractivity contribution in [3.8, 4) is 11.5 Å². The molecular formula is C10H13Br2NO3. The summed E-state index contributed by atoms with van der Waals surface area (Å²) in [7, 11) is 1.47. The first-order chi connectivity index (χ1) is 7.52. The number of aromatic hydroxyl groups is 1. The van der Waals surface area contributed by atoms with Crippen molar-refractivity contribution in [2.24, 2.45) is 5.73 Å². The number of methoxy groups -OCH3 is 1. The van der Waals surface area contributed by atoms with E-state index in [9.17, 15) is 5.11 Å². The van der Waals surface area contributed by atoms with Gasteiger partial charge in [-0.3, -0.25) is 0 Å². The predicted molar refractivity (Wildman–Crippen MR) is 68.7 cm³/mol. The predicted octanol–water partition coefficient (Wildman–Crippen LogP) is 2.31. The number of benzene rings is 1. The number of halogens is 2. The van der Waals surface area contributed by atoms with E-state index in [2.05, 4.69) is 31.9 Å². The summed E-state index contributed by atoms with van der Waals surface area (Å²) in [6, 6.07) is 1.34. The number of ether oxygens (including phenoxy) is 1. The summed E-state index contributed by atoms with van der Waals surface area (Å²) in [6.07, 6.45) is 0.443. The maximum absolute atomic E-state index is 9.72. The second-order valence-electron chi connectivity index (χ2n) is 3.26. The second-order valence-corrected chi connectivity index (χ2v) is 4.85. The molecule has 0 aliphatic heterocycles. The number of hydrogen-bond donors (Lipinski definition) is 3. The smallest absolute Gasteiger partial charge is 0.173 e. The van der Waals surface area contributed by atoms with Crippen LogP contribution in [0.2, 0.25) is 0 Å². The summed E-state index contributed by atoms with van der Waals surface area (Å²) in [5.74, 6) is 0.368.